The van der Waals surface area contributed by atoms with E-state index in [1.54, 1.807) is 0 Å². The molecule has 0 unspecified atom stereocenters. The fourth-order valence-electron chi connectivity index (χ4n) is 2.57. The van der Waals surface area contributed by atoms with Crippen LogP contribution in [-0.4, -0.2) is 29.0 Å². The number of rotatable bonds is 3. The molecule has 0 bridgehead atoms. The molecule has 1 saturated heterocycles. The van der Waals surface area contributed by atoms with Crippen molar-refractivity contribution >= 4 is 11.8 Å². The lowest BCUT2D eigenvalue weighted by Crippen LogP contribution is -2.32. The molecule has 1 fully saturated rings. The average Bonchev–Trinajstić information content (AvgIpc) is 2.91. The predicted octanol–water partition coefficient (Wildman–Crippen LogP) is 3.96. The first kappa shape index (κ1) is 18.0. The van der Waals surface area contributed by atoms with Crippen molar-refractivity contribution in [3.05, 3.63) is 59.0 Å². The van der Waals surface area contributed by atoms with Gasteiger partial charge in [-0.05, 0) is 12.1 Å². The van der Waals surface area contributed by atoms with Gasteiger partial charge < -0.3 is 4.90 Å². The van der Waals surface area contributed by atoms with Crippen LogP contribution in [0.15, 0.2) is 30.5 Å². The summed E-state index contributed by atoms with van der Waals surface area (Å²) in [6, 6.07) is 2.18. The molecule has 1 aliphatic heterocycles. The highest BCUT2D eigenvalue weighted by Gasteiger charge is 2.34. The molecule has 26 heavy (non-hydrogen) atoms. The molecule has 0 spiro atoms. The molecule has 138 valence electrons. The van der Waals surface area contributed by atoms with E-state index in [9.17, 15) is 31.1 Å². The van der Waals surface area contributed by atoms with E-state index < -0.39 is 47.3 Å². The Morgan fingerprint density at radius 2 is 1.69 bits per heavy atom. The highest BCUT2D eigenvalue weighted by Crippen LogP contribution is 2.30. The van der Waals surface area contributed by atoms with Gasteiger partial charge in [-0.3, -0.25) is 4.90 Å². The summed E-state index contributed by atoms with van der Waals surface area (Å²) >= 11 is 0. The largest absolute Gasteiger partial charge is 0.417 e. The van der Waals surface area contributed by atoms with Crippen molar-refractivity contribution in [2.45, 2.75) is 12.7 Å². The van der Waals surface area contributed by atoms with E-state index in [0.717, 1.165) is 21.9 Å². The number of urea groups is 1. The van der Waals surface area contributed by atoms with Gasteiger partial charge in [0, 0.05) is 37.0 Å². The summed E-state index contributed by atoms with van der Waals surface area (Å²) in [6.45, 7) is -0.270. The van der Waals surface area contributed by atoms with Gasteiger partial charge in [0.2, 0.25) is 0 Å². The standard InChI is InChI=1S/C16H11F6N3O/c17-10-5-12(18)11(13(19)6-10)8-24-3-4-25(15(24)26)14-2-1-9(7-23-14)16(20,21)22/h1-2,5-7H,3-4,8H2. The summed E-state index contributed by atoms with van der Waals surface area (Å²) in [6.07, 6.45) is -3.95. The smallest absolute Gasteiger partial charge is 0.318 e. The number of carbonyl (C=O) groups excluding carboxylic acids is 1. The molecule has 0 radical (unpaired) electrons. The average molecular weight is 375 g/mol. The minimum absolute atomic E-state index is 0.00875. The van der Waals surface area contributed by atoms with E-state index in [4.69, 9.17) is 0 Å². The number of aromatic nitrogens is 1. The quantitative estimate of drug-likeness (QED) is 0.762. The van der Waals surface area contributed by atoms with Crippen LogP contribution < -0.4 is 4.90 Å². The molecule has 0 saturated carbocycles. The van der Waals surface area contributed by atoms with Crippen molar-refractivity contribution in [2.24, 2.45) is 0 Å². The van der Waals surface area contributed by atoms with Gasteiger partial charge in [0.1, 0.15) is 23.3 Å². The van der Waals surface area contributed by atoms with Crippen LogP contribution >= 0.6 is 0 Å². The first-order chi connectivity index (χ1) is 12.2. The van der Waals surface area contributed by atoms with Crippen LogP contribution in [-0.2, 0) is 12.7 Å². The summed E-state index contributed by atoms with van der Waals surface area (Å²) in [5.41, 5.74) is -1.43. The maximum atomic E-state index is 13.7. The van der Waals surface area contributed by atoms with Gasteiger partial charge in [-0.2, -0.15) is 13.2 Å². The lowest BCUT2D eigenvalue weighted by Gasteiger charge is -2.19. The number of nitrogens with zero attached hydrogens (tertiary/aromatic N) is 3. The maximum absolute atomic E-state index is 13.7. The summed E-state index contributed by atoms with van der Waals surface area (Å²) in [5.74, 6) is -3.33. The summed E-state index contributed by atoms with van der Waals surface area (Å²) in [7, 11) is 0. The third-order valence-corrected chi connectivity index (χ3v) is 3.90. The Balaban J connectivity index is 1.76. The molecule has 0 aliphatic carbocycles. The second-order valence-electron chi connectivity index (χ2n) is 5.61. The molecule has 1 aromatic heterocycles. The topological polar surface area (TPSA) is 36.4 Å². The fourth-order valence-corrected chi connectivity index (χ4v) is 2.57. The number of hydrogen-bond donors (Lipinski definition) is 0. The highest BCUT2D eigenvalue weighted by atomic mass is 19.4. The zero-order chi connectivity index (χ0) is 19.1. The molecule has 0 atom stereocenters. The van der Waals surface area contributed by atoms with E-state index in [-0.39, 0.29) is 18.9 Å². The second kappa shape index (κ2) is 6.50. The van der Waals surface area contributed by atoms with Crippen LogP contribution in [0.2, 0.25) is 0 Å². The normalized spacial score (nSPS) is 15.1. The first-order valence-electron chi connectivity index (χ1n) is 7.40. The molecule has 4 nitrogen and oxygen atoms in total. The van der Waals surface area contributed by atoms with Crippen LogP contribution in [0.5, 0.6) is 0 Å². The van der Waals surface area contributed by atoms with Crippen molar-refractivity contribution in [1.29, 1.82) is 0 Å². The van der Waals surface area contributed by atoms with Crippen molar-refractivity contribution < 1.29 is 31.1 Å². The number of halogens is 6. The minimum Gasteiger partial charge on any atom is -0.318 e. The van der Waals surface area contributed by atoms with Crippen molar-refractivity contribution in [2.75, 3.05) is 18.0 Å². The Morgan fingerprint density at radius 3 is 2.23 bits per heavy atom. The predicted molar refractivity (Wildman–Crippen MR) is 78.7 cm³/mol. The number of carbonyl (C=O) groups is 1. The molecule has 1 aliphatic rings. The van der Waals surface area contributed by atoms with E-state index in [2.05, 4.69) is 4.98 Å². The molecule has 3 rings (SSSR count). The Bertz CT molecular complexity index is 814. The molecule has 2 amide bonds. The molecule has 2 heterocycles. The molecule has 10 heteroatoms. The Morgan fingerprint density at radius 1 is 1.04 bits per heavy atom. The number of hydrogen-bond acceptors (Lipinski definition) is 2. The number of amides is 2. The Labute approximate surface area is 143 Å². The van der Waals surface area contributed by atoms with Crippen molar-refractivity contribution in [1.82, 2.24) is 9.88 Å². The van der Waals surface area contributed by atoms with Crippen LogP contribution in [0, 0.1) is 17.5 Å². The number of benzene rings is 1. The third kappa shape index (κ3) is 3.44. The minimum atomic E-state index is -4.55. The van der Waals surface area contributed by atoms with E-state index in [1.807, 2.05) is 0 Å². The van der Waals surface area contributed by atoms with Gasteiger partial charge >= 0.3 is 12.2 Å². The monoisotopic (exact) mass is 375 g/mol. The van der Waals surface area contributed by atoms with Crippen molar-refractivity contribution in [3.8, 4) is 0 Å². The lowest BCUT2D eigenvalue weighted by atomic mass is 10.2. The van der Waals surface area contributed by atoms with Gasteiger partial charge in [-0.1, -0.05) is 0 Å². The van der Waals surface area contributed by atoms with Gasteiger partial charge in [-0.25, -0.2) is 22.9 Å². The SMILES string of the molecule is O=C1N(Cc2c(F)cc(F)cc2F)CCN1c1ccc(C(F)(F)F)cn1. The zero-order valence-corrected chi connectivity index (χ0v) is 13.0. The molecule has 0 N–H and O–H groups in total. The summed E-state index contributed by atoms with van der Waals surface area (Å²) in [4.78, 5) is 18.2. The number of alkyl halides is 3. The number of anilines is 1. The first-order valence-corrected chi connectivity index (χ1v) is 7.40. The molecular weight excluding hydrogens is 364 g/mol. The fraction of sp³-hybridized carbons (Fsp3) is 0.250. The maximum Gasteiger partial charge on any atom is 0.417 e. The molecular formula is C16H11F6N3O. The zero-order valence-electron chi connectivity index (χ0n) is 13.0. The van der Waals surface area contributed by atoms with Crippen LogP contribution in [0.1, 0.15) is 11.1 Å². The Kier molecular flexibility index (Phi) is 4.51. The van der Waals surface area contributed by atoms with Gasteiger partial charge in [0.15, 0.2) is 0 Å². The summed E-state index contributed by atoms with van der Waals surface area (Å²) < 4.78 is 78.0. The van der Waals surface area contributed by atoms with Gasteiger partial charge in [-0.15, -0.1) is 0 Å². The lowest BCUT2D eigenvalue weighted by molar-refractivity contribution is -0.137. The second-order valence-corrected chi connectivity index (χ2v) is 5.61. The summed E-state index contributed by atoms with van der Waals surface area (Å²) in [5, 5.41) is 0. The van der Waals surface area contributed by atoms with Crippen LogP contribution in [0.3, 0.4) is 0 Å². The van der Waals surface area contributed by atoms with Gasteiger partial charge in [0.25, 0.3) is 0 Å². The van der Waals surface area contributed by atoms with Crippen LogP contribution in [0.25, 0.3) is 0 Å². The Hall–Kier alpha value is -2.78. The molecule has 2 aromatic rings. The van der Waals surface area contributed by atoms with Crippen LogP contribution in [0.4, 0.5) is 37.0 Å². The van der Waals surface area contributed by atoms with E-state index >= 15 is 0 Å². The van der Waals surface area contributed by atoms with Gasteiger partial charge in [0.05, 0.1) is 12.1 Å². The third-order valence-electron chi connectivity index (χ3n) is 3.90. The van der Waals surface area contributed by atoms with E-state index in [0.29, 0.717) is 18.3 Å². The molecule has 1 aromatic carbocycles. The number of pyridine rings is 1. The van der Waals surface area contributed by atoms with Crippen molar-refractivity contribution in [3.63, 3.8) is 0 Å². The highest BCUT2D eigenvalue weighted by molar-refractivity contribution is 5.93. The van der Waals surface area contributed by atoms with E-state index in [1.165, 1.54) is 0 Å².